The van der Waals surface area contributed by atoms with Gasteiger partial charge in [0, 0.05) is 59.8 Å². The fourth-order valence-electron chi connectivity index (χ4n) is 5.82. The van der Waals surface area contributed by atoms with Crippen LogP contribution < -0.4 is 10.6 Å². The molecule has 8 nitrogen and oxygen atoms in total. The lowest BCUT2D eigenvalue weighted by Gasteiger charge is -2.26. The Balaban J connectivity index is 1.34. The van der Waals surface area contributed by atoms with Crippen LogP contribution in [-0.2, 0) is 13.0 Å². The molecule has 4 aromatic rings. The van der Waals surface area contributed by atoms with Crippen molar-refractivity contribution in [1.82, 2.24) is 25.5 Å². The Morgan fingerprint density at radius 2 is 1.81 bits per heavy atom. The summed E-state index contributed by atoms with van der Waals surface area (Å²) in [6, 6.07) is 14.1. The highest BCUT2D eigenvalue weighted by molar-refractivity contribution is 7.09. The molecule has 0 unspecified atom stereocenters. The van der Waals surface area contributed by atoms with Gasteiger partial charge in [-0.05, 0) is 67.0 Å². The standard InChI is InChI=1S/C36H41F2N5O3S/c1-22(2)29-12-25(17-39-19-29)18-40-20-32(44)30(13-24-8-5-4-6-9-24)42-34(45)27-14-26(33(37)38)15-28(16-27)36(46)43-11-7-10-31(43)35-41-23(3)21-47-35/h4-6,8-9,12,14-17,19,21-22,30-33,40,44H,7,10-11,13,18,20H2,1-3H3,(H,42,45)/t30-,31+,32-/m0/s1. The maximum absolute atomic E-state index is 14.1. The smallest absolute Gasteiger partial charge is 0.263 e. The van der Waals surface area contributed by atoms with Crippen LogP contribution in [0.25, 0.3) is 0 Å². The van der Waals surface area contributed by atoms with Crippen LogP contribution in [0.15, 0.2) is 72.4 Å². The number of pyridine rings is 1. The highest BCUT2D eigenvalue weighted by atomic mass is 32.1. The molecule has 2 aromatic heterocycles. The van der Waals surface area contributed by atoms with E-state index in [1.807, 2.05) is 48.8 Å². The first-order valence-electron chi connectivity index (χ1n) is 15.9. The summed E-state index contributed by atoms with van der Waals surface area (Å²) in [6.07, 6.45) is 1.52. The van der Waals surface area contributed by atoms with Gasteiger partial charge in [0.2, 0.25) is 0 Å². The fourth-order valence-corrected chi connectivity index (χ4v) is 6.76. The van der Waals surface area contributed by atoms with Crippen molar-refractivity contribution >= 4 is 23.2 Å². The van der Waals surface area contributed by atoms with Crippen LogP contribution in [-0.4, -0.2) is 57.0 Å². The molecular formula is C36H41F2N5O3S. The summed E-state index contributed by atoms with van der Waals surface area (Å²) in [5.41, 5.74) is 3.37. The molecule has 47 heavy (non-hydrogen) atoms. The molecule has 1 fully saturated rings. The first-order chi connectivity index (χ1) is 22.6. The van der Waals surface area contributed by atoms with Gasteiger partial charge in [-0.1, -0.05) is 50.2 Å². The minimum atomic E-state index is -2.89. The molecule has 2 amide bonds. The topological polar surface area (TPSA) is 107 Å². The zero-order valence-electron chi connectivity index (χ0n) is 26.8. The minimum absolute atomic E-state index is 0.0205. The number of amides is 2. The van der Waals surface area contributed by atoms with Crippen LogP contribution in [0, 0.1) is 6.92 Å². The van der Waals surface area contributed by atoms with E-state index in [-0.39, 0.29) is 23.7 Å². The second kappa shape index (κ2) is 15.7. The van der Waals surface area contributed by atoms with Crippen molar-refractivity contribution in [2.75, 3.05) is 13.1 Å². The summed E-state index contributed by atoms with van der Waals surface area (Å²) in [4.78, 5) is 37.9. The number of hydrogen-bond donors (Lipinski definition) is 3. The van der Waals surface area contributed by atoms with Crippen LogP contribution in [0.2, 0.25) is 0 Å². The zero-order chi connectivity index (χ0) is 33.5. The Labute approximate surface area is 278 Å². The Bertz CT molecular complexity index is 1670. The predicted molar refractivity (Wildman–Crippen MR) is 179 cm³/mol. The maximum Gasteiger partial charge on any atom is 0.263 e. The first-order valence-corrected chi connectivity index (χ1v) is 16.8. The second-order valence-electron chi connectivity index (χ2n) is 12.4. The number of likely N-dealkylation sites (tertiary alicyclic amines) is 1. The number of hydrogen-bond acceptors (Lipinski definition) is 7. The molecule has 5 rings (SSSR count). The van der Waals surface area contributed by atoms with E-state index in [2.05, 4.69) is 40.5 Å². The molecule has 3 atom stereocenters. The average Bonchev–Trinajstić information content (AvgIpc) is 3.73. The summed E-state index contributed by atoms with van der Waals surface area (Å²) >= 11 is 1.47. The number of alkyl halides is 2. The molecule has 1 aliphatic rings. The van der Waals surface area contributed by atoms with E-state index in [1.165, 1.54) is 17.4 Å². The number of aliphatic hydroxyl groups excluding tert-OH is 1. The summed E-state index contributed by atoms with van der Waals surface area (Å²) in [7, 11) is 0. The van der Waals surface area contributed by atoms with Crippen molar-refractivity contribution in [3.8, 4) is 0 Å². The number of thiazole rings is 1. The number of nitrogens with zero attached hydrogens (tertiary/aromatic N) is 3. The van der Waals surface area contributed by atoms with E-state index >= 15 is 0 Å². The van der Waals surface area contributed by atoms with Crippen LogP contribution in [0.3, 0.4) is 0 Å². The number of aryl methyl sites for hydroxylation is 1. The summed E-state index contributed by atoms with van der Waals surface area (Å²) in [6.45, 7) is 7.18. The SMILES string of the molecule is Cc1csc([C@H]2CCCN2C(=O)c2cc(C(=O)N[C@@H](Cc3ccccc3)[C@@H](O)CNCc3cncc(C(C)C)c3)cc(C(F)F)c2)n1. The van der Waals surface area contributed by atoms with E-state index in [1.54, 1.807) is 11.1 Å². The molecule has 3 heterocycles. The number of carbonyl (C=O) groups excluding carboxylic acids is 2. The Kier molecular flexibility index (Phi) is 11.4. The van der Waals surface area contributed by atoms with Crippen molar-refractivity contribution in [1.29, 1.82) is 0 Å². The average molecular weight is 662 g/mol. The normalized spacial score (nSPS) is 16.1. The van der Waals surface area contributed by atoms with Gasteiger partial charge in [0.1, 0.15) is 5.01 Å². The first kappa shape index (κ1) is 34.3. The van der Waals surface area contributed by atoms with Gasteiger partial charge < -0.3 is 20.6 Å². The molecule has 3 N–H and O–H groups in total. The number of halogens is 2. The van der Waals surface area contributed by atoms with Gasteiger partial charge in [-0.25, -0.2) is 13.8 Å². The lowest BCUT2D eigenvalue weighted by Crippen LogP contribution is -2.48. The molecule has 2 aromatic carbocycles. The van der Waals surface area contributed by atoms with E-state index in [4.69, 9.17) is 0 Å². The summed E-state index contributed by atoms with van der Waals surface area (Å²) in [5, 5.41) is 20.1. The molecule has 0 spiro atoms. The minimum Gasteiger partial charge on any atom is -0.390 e. The van der Waals surface area contributed by atoms with Crippen molar-refractivity contribution in [2.45, 2.75) is 77.1 Å². The zero-order valence-corrected chi connectivity index (χ0v) is 27.6. The highest BCUT2D eigenvalue weighted by Gasteiger charge is 2.33. The van der Waals surface area contributed by atoms with Crippen molar-refractivity contribution in [2.24, 2.45) is 0 Å². The quantitative estimate of drug-likeness (QED) is 0.154. The second-order valence-corrected chi connectivity index (χ2v) is 13.3. The summed E-state index contributed by atoms with van der Waals surface area (Å²) in [5.74, 6) is -0.737. The molecule has 0 saturated carbocycles. The number of aliphatic hydroxyl groups is 1. The lowest BCUT2D eigenvalue weighted by molar-refractivity contribution is 0.0734. The van der Waals surface area contributed by atoms with Gasteiger partial charge in [0.15, 0.2) is 0 Å². The van der Waals surface area contributed by atoms with Crippen LogP contribution in [0.4, 0.5) is 8.78 Å². The largest absolute Gasteiger partial charge is 0.390 e. The van der Waals surface area contributed by atoms with Gasteiger partial charge in [0.25, 0.3) is 18.2 Å². The molecule has 0 radical (unpaired) electrons. The van der Waals surface area contributed by atoms with Crippen LogP contribution in [0.5, 0.6) is 0 Å². The van der Waals surface area contributed by atoms with Crippen LogP contribution >= 0.6 is 11.3 Å². The molecule has 1 saturated heterocycles. The Morgan fingerprint density at radius 1 is 1.04 bits per heavy atom. The van der Waals surface area contributed by atoms with Crippen molar-refractivity contribution < 1.29 is 23.5 Å². The number of benzene rings is 2. The molecule has 11 heteroatoms. The van der Waals surface area contributed by atoms with Crippen molar-refractivity contribution in [3.63, 3.8) is 0 Å². The van der Waals surface area contributed by atoms with Gasteiger partial charge in [-0.15, -0.1) is 11.3 Å². The van der Waals surface area contributed by atoms with E-state index < -0.39 is 35.9 Å². The third-order valence-electron chi connectivity index (χ3n) is 8.40. The van der Waals surface area contributed by atoms with Gasteiger partial charge >= 0.3 is 0 Å². The number of nitrogens with one attached hydrogen (secondary N) is 2. The number of rotatable bonds is 13. The van der Waals surface area contributed by atoms with Gasteiger partial charge in [-0.3, -0.25) is 14.6 Å². The van der Waals surface area contributed by atoms with E-state index in [9.17, 15) is 23.5 Å². The maximum atomic E-state index is 14.1. The lowest BCUT2D eigenvalue weighted by atomic mass is 9.99. The fraction of sp³-hybridized carbons (Fsp3) is 0.389. The molecule has 0 bridgehead atoms. The highest BCUT2D eigenvalue weighted by Crippen LogP contribution is 2.35. The monoisotopic (exact) mass is 661 g/mol. The van der Waals surface area contributed by atoms with E-state index in [0.29, 0.717) is 25.4 Å². The predicted octanol–water partition coefficient (Wildman–Crippen LogP) is 6.38. The Hall–Kier alpha value is -4.06. The number of carbonyl (C=O) groups is 2. The van der Waals surface area contributed by atoms with Crippen LogP contribution in [0.1, 0.15) is 98.7 Å². The third kappa shape index (κ3) is 8.85. The number of aromatic nitrogens is 2. The summed E-state index contributed by atoms with van der Waals surface area (Å²) < 4.78 is 28.2. The molecule has 248 valence electrons. The third-order valence-corrected chi connectivity index (χ3v) is 9.46. The Morgan fingerprint density at radius 3 is 2.51 bits per heavy atom. The van der Waals surface area contributed by atoms with Gasteiger partial charge in [-0.2, -0.15) is 0 Å². The van der Waals surface area contributed by atoms with E-state index in [0.717, 1.165) is 52.4 Å². The molecular weight excluding hydrogens is 620 g/mol. The molecule has 0 aliphatic carbocycles. The van der Waals surface area contributed by atoms with Crippen molar-refractivity contribution in [3.05, 3.63) is 116 Å². The molecule has 1 aliphatic heterocycles. The van der Waals surface area contributed by atoms with Gasteiger partial charge in [0.05, 0.1) is 18.2 Å².